The van der Waals surface area contributed by atoms with Crippen molar-refractivity contribution >= 4 is 23.3 Å². The maximum absolute atomic E-state index is 13.1. The average Bonchev–Trinajstić information content (AvgIpc) is 2.85. The maximum atomic E-state index is 13.1. The van der Waals surface area contributed by atoms with Crippen LogP contribution in [0, 0.1) is 11.3 Å². The normalized spacial score (nSPS) is 19.6. The lowest BCUT2D eigenvalue weighted by Crippen LogP contribution is -2.65. The first-order valence-electron chi connectivity index (χ1n) is 11.6. The molecule has 2 saturated heterocycles. The van der Waals surface area contributed by atoms with Crippen molar-refractivity contribution in [3.05, 3.63) is 83.0 Å². The third-order valence-corrected chi connectivity index (χ3v) is 7.25. The third kappa shape index (κ3) is 4.30. The number of hydrogen-bond acceptors (Lipinski definition) is 5. The van der Waals surface area contributed by atoms with E-state index in [4.69, 9.17) is 11.6 Å². The molecule has 172 valence electrons. The van der Waals surface area contributed by atoms with E-state index in [0.29, 0.717) is 16.4 Å². The van der Waals surface area contributed by atoms with Crippen LogP contribution in [0.4, 0.5) is 5.82 Å². The van der Waals surface area contributed by atoms with Gasteiger partial charge in [-0.25, -0.2) is 4.98 Å². The van der Waals surface area contributed by atoms with E-state index in [0.717, 1.165) is 50.0 Å². The van der Waals surface area contributed by atoms with Gasteiger partial charge < -0.3 is 10.6 Å². The van der Waals surface area contributed by atoms with Gasteiger partial charge in [0.15, 0.2) is 0 Å². The molecule has 2 aromatic carbocycles. The second kappa shape index (κ2) is 9.55. The fourth-order valence-corrected chi connectivity index (χ4v) is 5.27. The first kappa shape index (κ1) is 22.5. The van der Waals surface area contributed by atoms with Gasteiger partial charge in [-0.3, -0.25) is 9.69 Å². The van der Waals surface area contributed by atoms with Gasteiger partial charge in [-0.15, -0.1) is 0 Å². The number of nitrogens with one attached hydrogen (secondary N) is 2. The number of likely N-dealkylation sites (tertiary alicyclic amines) is 1. The number of aromatic nitrogens is 1. The lowest BCUT2D eigenvalue weighted by molar-refractivity contribution is -0.134. The molecule has 1 amide bonds. The number of anilines is 1. The fraction of sp³-hybridized carbons (Fsp3) is 0.296. The summed E-state index contributed by atoms with van der Waals surface area (Å²) in [6, 6.07) is 21.8. The Balaban J connectivity index is 1.40. The van der Waals surface area contributed by atoms with Crippen molar-refractivity contribution < 1.29 is 4.79 Å². The number of benzene rings is 2. The van der Waals surface area contributed by atoms with Crippen LogP contribution < -0.4 is 10.6 Å². The van der Waals surface area contributed by atoms with Crippen LogP contribution in [-0.4, -0.2) is 41.5 Å². The molecule has 3 aromatic rings. The van der Waals surface area contributed by atoms with Gasteiger partial charge in [-0.1, -0.05) is 48.0 Å². The van der Waals surface area contributed by atoms with Crippen LogP contribution in [0.3, 0.4) is 0 Å². The number of carbonyl (C=O) groups excluding carboxylic acids is 1. The summed E-state index contributed by atoms with van der Waals surface area (Å²) < 4.78 is 0. The number of nitrogens with zero attached hydrogens (tertiary/aromatic N) is 3. The predicted molar refractivity (Wildman–Crippen MR) is 133 cm³/mol. The molecule has 3 heterocycles. The van der Waals surface area contributed by atoms with Crippen LogP contribution in [-0.2, 0) is 10.3 Å². The van der Waals surface area contributed by atoms with Crippen LogP contribution >= 0.6 is 11.6 Å². The van der Waals surface area contributed by atoms with Gasteiger partial charge in [0.25, 0.3) is 0 Å². The SMILES string of the molecule is N#Cc1cccc(-c2ccc(C3(N4CCC4C(=O)Nc4ccc(Cl)cn4)CCNCC3)cc2)c1. The molecule has 0 saturated carbocycles. The Hall–Kier alpha value is -3.24. The average molecular weight is 472 g/mol. The van der Waals surface area contributed by atoms with Crippen molar-refractivity contribution in [3.63, 3.8) is 0 Å². The monoisotopic (exact) mass is 471 g/mol. The quantitative estimate of drug-likeness (QED) is 0.570. The van der Waals surface area contributed by atoms with E-state index in [1.807, 2.05) is 24.3 Å². The van der Waals surface area contributed by atoms with Crippen molar-refractivity contribution in [2.45, 2.75) is 30.8 Å². The number of halogens is 1. The predicted octanol–water partition coefficient (Wildman–Crippen LogP) is 4.57. The minimum atomic E-state index is -0.192. The summed E-state index contributed by atoms with van der Waals surface area (Å²) in [5.41, 5.74) is 3.81. The molecular weight excluding hydrogens is 446 g/mol. The first-order chi connectivity index (χ1) is 16.6. The Kier molecular flexibility index (Phi) is 6.34. The van der Waals surface area contributed by atoms with E-state index in [1.54, 1.807) is 12.1 Å². The smallest absolute Gasteiger partial charge is 0.242 e. The Morgan fingerprint density at radius 3 is 2.56 bits per heavy atom. The summed E-state index contributed by atoms with van der Waals surface area (Å²) in [6.07, 6.45) is 4.25. The van der Waals surface area contributed by atoms with Gasteiger partial charge >= 0.3 is 0 Å². The number of hydrogen-bond donors (Lipinski definition) is 2. The molecule has 0 radical (unpaired) electrons. The zero-order valence-corrected chi connectivity index (χ0v) is 19.6. The molecule has 2 aliphatic rings. The lowest BCUT2D eigenvalue weighted by atomic mass is 9.76. The molecular formula is C27H26ClN5O. The Labute approximate surface area is 204 Å². The maximum Gasteiger partial charge on any atom is 0.242 e. The molecule has 34 heavy (non-hydrogen) atoms. The van der Waals surface area contributed by atoms with Gasteiger partial charge in [0.2, 0.25) is 5.91 Å². The Bertz CT molecular complexity index is 1210. The number of carbonyl (C=O) groups is 1. The van der Waals surface area contributed by atoms with Crippen LogP contribution in [0.2, 0.25) is 5.02 Å². The van der Waals surface area contributed by atoms with E-state index < -0.39 is 0 Å². The number of rotatable bonds is 5. The van der Waals surface area contributed by atoms with Crippen molar-refractivity contribution in [1.82, 2.24) is 15.2 Å². The summed E-state index contributed by atoms with van der Waals surface area (Å²) in [6.45, 7) is 2.71. The lowest BCUT2D eigenvalue weighted by Gasteiger charge is -2.55. The molecule has 1 atom stereocenters. The van der Waals surface area contributed by atoms with Gasteiger partial charge in [-0.05, 0) is 73.3 Å². The van der Waals surface area contributed by atoms with Gasteiger partial charge in [0, 0.05) is 18.3 Å². The van der Waals surface area contributed by atoms with Crippen molar-refractivity contribution in [2.75, 3.05) is 25.0 Å². The molecule has 1 aromatic heterocycles. The van der Waals surface area contributed by atoms with E-state index in [2.05, 4.69) is 50.9 Å². The van der Waals surface area contributed by atoms with Crippen molar-refractivity contribution in [1.29, 1.82) is 5.26 Å². The van der Waals surface area contributed by atoms with E-state index >= 15 is 0 Å². The Morgan fingerprint density at radius 1 is 1.12 bits per heavy atom. The first-order valence-corrected chi connectivity index (χ1v) is 12.0. The summed E-state index contributed by atoms with van der Waals surface area (Å²) in [5, 5.41) is 16.2. The standard InChI is InChI=1S/C27H26ClN5O/c28-23-8-9-25(31-18-23)32-26(34)24-10-15-33(24)27(11-13-30-14-12-27)22-6-4-20(5-7-22)21-3-1-2-19(16-21)17-29/h1-9,16,18,24,30H,10-15H2,(H,31,32,34). The van der Waals surface area contributed by atoms with Crippen LogP contribution in [0.1, 0.15) is 30.4 Å². The molecule has 5 rings (SSSR count). The minimum Gasteiger partial charge on any atom is -0.317 e. The van der Waals surface area contributed by atoms with E-state index in [9.17, 15) is 10.1 Å². The Morgan fingerprint density at radius 2 is 1.91 bits per heavy atom. The molecule has 0 aliphatic carbocycles. The van der Waals surface area contributed by atoms with Crippen molar-refractivity contribution in [3.8, 4) is 17.2 Å². The molecule has 0 bridgehead atoms. The van der Waals surface area contributed by atoms with E-state index in [-0.39, 0.29) is 17.5 Å². The molecule has 2 N–H and O–H groups in total. The summed E-state index contributed by atoms with van der Waals surface area (Å²) in [5.74, 6) is 0.494. The number of pyridine rings is 1. The third-order valence-electron chi connectivity index (χ3n) is 7.03. The second-order valence-corrected chi connectivity index (χ2v) is 9.34. The zero-order chi connectivity index (χ0) is 23.5. The minimum absolute atomic E-state index is 0.0241. The largest absolute Gasteiger partial charge is 0.317 e. The molecule has 2 aliphatic heterocycles. The highest BCUT2D eigenvalue weighted by Crippen LogP contribution is 2.43. The van der Waals surface area contributed by atoms with Crippen LogP contribution in [0.25, 0.3) is 11.1 Å². The highest BCUT2D eigenvalue weighted by Gasteiger charge is 2.49. The van der Waals surface area contributed by atoms with Gasteiger partial charge in [0.1, 0.15) is 5.82 Å². The van der Waals surface area contributed by atoms with Crippen LogP contribution in [0.5, 0.6) is 0 Å². The molecule has 6 nitrogen and oxygen atoms in total. The zero-order valence-electron chi connectivity index (χ0n) is 18.8. The summed E-state index contributed by atoms with van der Waals surface area (Å²) >= 11 is 5.92. The number of piperidine rings is 1. The molecule has 1 unspecified atom stereocenters. The van der Waals surface area contributed by atoms with E-state index in [1.165, 1.54) is 11.8 Å². The molecule has 2 fully saturated rings. The fourth-order valence-electron chi connectivity index (χ4n) is 5.15. The molecule has 7 heteroatoms. The van der Waals surface area contributed by atoms with Crippen LogP contribution in [0.15, 0.2) is 66.9 Å². The summed E-state index contributed by atoms with van der Waals surface area (Å²) in [4.78, 5) is 19.7. The summed E-state index contributed by atoms with van der Waals surface area (Å²) in [7, 11) is 0. The number of amides is 1. The topological polar surface area (TPSA) is 81.1 Å². The number of nitriles is 1. The highest BCUT2D eigenvalue weighted by molar-refractivity contribution is 6.30. The van der Waals surface area contributed by atoms with Gasteiger partial charge in [-0.2, -0.15) is 5.26 Å². The van der Waals surface area contributed by atoms with Gasteiger partial charge in [0.05, 0.1) is 22.7 Å². The van der Waals surface area contributed by atoms with Crippen molar-refractivity contribution in [2.24, 2.45) is 0 Å². The molecule has 0 spiro atoms. The highest BCUT2D eigenvalue weighted by atomic mass is 35.5. The second-order valence-electron chi connectivity index (χ2n) is 8.90.